The number of rotatable bonds is 4. The first-order valence-corrected chi connectivity index (χ1v) is 6.70. The topological polar surface area (TPSA) is 57.5 Å². The largest absolute Gasteiger partial charge is 0.507 e. The van der Waals surface area contributed by atoms with Crippen LogP contribution >= 0.6 is 0 Å². The van der Waals surface area contributed by atoms with Gasteiger partial charge < -0.3 is 10.2 Å². The van der Waals surface area contributed by atoms with Crippen LogP contribution in [0.25, 0.3) is 0 Å². The number of phenolic OH excluding ortho intramolecular Hbond substituents is 2. The third-order valence-corrected chi connectivity index (χ3v) is 3.60. The van der Waals surface area contributed by atoms with Gasteiger partial charge in [0.15, 0.2) is 5.78 Å². The van der Waals surface area contributed by atoms with E-state index in [1.807, 2.05) is 6.07 Å². The van der Waals surface area contributed by atoms with E-state index in [0.29, 0.717) is 5.92 Å². The van der Waals surface area contributed by atoms with Gasteiger partial charge in [0.2, 0.25) is 0 Å². The Morgan fingerprint density at radius 2 is 1.70 bits per heavy atom. The minimum absolute atomic E-state index is 0.0453. The maximum atomic E-state index is 12.3. The molecule has 0 spiro atoms. The Morgan fingerprint density at radius 3 is 2.30 bits per heavy atom. The van der Waals surface area contributed by atoms with E-state index in [4.69, 9.17) is 0 Å². The molecule has 0 aliphatic heterocycles. The Labute approximate surface area is 118 Å². The lowest BCUT2D eigenvalue weighted by molar-refractivity contribution is 0.103. The summed E-state index contributed by atoms with van der Waals surface area (Å²) in [6.07, 6.45) is 0.964. The van der Waals surface area contributed by atoms with E-state index in [1.54, 1.807) is 30.3 Å². The molecule has 1 atom stereocenters. The number of carbonyl (C=O) groups is 1. The highest BCUT2D eigenvalue weighted by atomic mass is 16.3. The van der Waals surface area contributed by atoms with Crippen molar-refractivity contribution in [1.29, 1.82) is 0 Å². The molecule has 0 radical (unpaired) electrons. The molecule has 2 aromatic carbocycles. The Kier molecular flexibility index (Phi) is 4.08. The molecule has 0 saturated heterocycles. The number of aromatic hydroxyl groups is 2. The normalized spacial score (nSPS) is 12.1. The van der Waals surface area contributed by atoms with Gasteiger partial charge >= 0.3 is 0 Å². The fourth-order valence-corrected chi connectivity index (χ4v) is 2.09. The van der Waals surface area contributed by atoms with Crippen molar-refractivity contribution in [3.8, 4) is 11.5 Å². The molecule has 0 bridgehead atoms. The fourth-order valence-electron chi connectivity index (χ4n) is 2.09. The predicted molar refractivity (Wildman–Crippen MR) is 78.4 cm³/mol. The van der Waals surface area contributed by atoms with Crippen molar-refractivity contribution in [3.63, 3.8) is 0 Å². The number of para-hydroxylation sites is 1. The first-order valence-electron chi connectivity index (χ1n) is 6.70. The van der Waals surface area contributed by atoms with Crippen molar-refractivity contribution in [3.05, 3.63) is 59.2 Å². The second kappa shape index (κ2) is 5.78. The molecule has 0 fully saturated rings. The van der Waals surface area contributed by atoms with E-state index in [0.717, 1.165) is 12.0 Å². The number of hydrogen-bond donors (Lipinski definition) is 2. The number of ketones is 1. The van der Waals surface area contributed by atoms with Crippen LogP contribution in [0.5, 0.6) is 11.5 Å². The van der Waals surface area contributed by atoms with Gasteiger partial charge in [0.05, 0.1) is 11.1 Å². The molecule has 0 aliphatic carbocycles. The Hall–Kier alpha value is -2.29. The standard InChI is InChI=1S/C17H18O3/c1-3-11(2)12-8-9-14(16(19)10-12)17(20)13-6-4-5-7-15(13)18/h4-11,18-19H,3H2,1-2H3. The third kappa shape index (κ3) is 2.67. The average molecular weight is 270 g/mol. The minimum Gasteiger partial charge on any atom is -0.507 e. The van der Waals surface area contributed by atoms with Gasteiger partial charge in [-0.1, -0.05) is 32.0 Å². The molecule has 2 N–H and O–H groups in total. The van der Waals surface area contributed by atoms with Crippen LogP contribution in [0.15, 0.2) is 42.5 Å². The summed E-state index contributed by atoms with van der Waals surface area (Å²) in [5, 5.41) is 19.8. The molecular weight excluding hydrogens is 252 g/mol. The Morgan fingerprint density at radius 1 is 1.05 bits per heavy atom. The number of hydrogen-bond acceptors (Lipinski definition) is 3. The maximum absolute atomic E-state index is 12.3. The quantitative estimate of drug-likeness (QED) is 0.830. The number of carbonyl (C=O) groups excluding carboxylic acids is 1. The molecule has 0 heterocycles. The Bertz CT molecular complexity index is 632. The van der Waals surface area contributed by atoms with E-state index >= 15 is 0 Å². The molecular formula is C17H18O3. The Balaban J connectivity index is 2.39. The van der Waals surface area contributed by atoms with Gasteiger partial charge in [0, 0.05) is 0 Å². The van der Waals surface area contributed by atoms with Crippen molar-refractivity contribution >= 4 is 5.78 Å². The number of phenols is 2. The highest BCUT2D eigenvalue weighted by Gasteiger charge is 2.17. The van der Waals surface area contributed by atoms with Crippen LogP contribution < -0.4 is 0 Å². The van der Waals surface area contributed by atoms with E-state index < -0.39 is 0 Å². The molecule has 2 rings (SSSR count). The summed E-state index contributed by atoms with van der Waals surface area (Å²) in [4.78, 5) is 12.3. The van der Waals surface area contributed by atoms with Crippen LogP contribution in [0.4, 0.5) is 0 Å². The smallest absolute Gasteiger partial charge is 0.200 e. The summed E-state index contributed by atoms with van der Waals surface area (Å²) < 4.78 is 0. The third-order valence-electron chi connectivity index (χ3n) is 3.60. The lowest BCUT2D eigenvalue weighted by Crippen LogP contribution is -2.03. The molecule has 0 aliphatic rings. The minimum atomic E-state index is -0.378. The second-order valence-corrected chi connectivity index (χ2v) is 4.93. The highest BCUT2D eigenvalue weighted by Crippen LogP contribution is 2.29. The zero-order valence-electron chi connectivity index (χ0n) is 11.6. The summed E-state index contributed by atoms with van der Waals surface area (Å²) in [7, 11) is 0. The van der Waals surface area contributed by atoms with Gasteiger partial charge in [0.25, 0.3) is 0 Å². The summed E-state index contributed by atoms with van der Waals surface area (Å²) in [6.45, 7) is 4.14. The summed E-state index contributed by atoms with van der Waals surface area (Å²) in [5.74, 6) is -0.176. The zero-order valence-corrected chi connectivity index (χ0v) is 11.6. The lowest BCUT2D eigenvalue weighted by Gasteiger charge is -2.11. The fraction of sp³-hybridized carbons (Fsp3) is 0.235. The van der Waals surface area contributed by atoms with E-state index in [1.165, 1.54) is 6.07 Å². The average Bonchev–Trinajstić information content (AvgIpc) is 2.46. The lowest BCUT2D eigenvalue weighted by atomic mass is 9.94. The number of benzene rings is 2. The van der Waals surface area contributed by atoms with Crippen molar-refractivity contribution in [1.82, 2.24) is 0 Å². The SMILES string of the molecule is CCC(C)c1ccc(C(=O)c2ccccc2O)c(O)c1. The maximum Gasteiger partial charge on any atom is 0.200 e. The van der Waals surface area contributed by atoms with Crippen LogP contribution in [0, 0.1) is 0 Å². The molecule has 3 nitrogen and oxygen atoms in total. The molecule has 0 saturated carbocycles. The van der Waals surface area contributed by atoms with E-state index in [-0.39, 0.29) is 28.4 Å². The molecule has 2 aromatic rings. The molecule has 104 valence electrons. The predicted octanol–water partition coefficient (Wildman–Crippen LogP) is 3.84. The highest BCUT2D eigenvalue weighted by molar-refractivity contribution is 6.12. The first-order chi connectivity index (χ1) is 9.54. The van der Waals surface area contributed by atoms with Crippen LogP contribution in [0.2, 0.25) is 0 Å². The zero-order chi connectivity index (χ0) is 14.7. The van der Waals surface area contributed by atoms with Crippen LogP contribution in [0.3, 0.4) is 0 Å². The second-order valence-electron chi connectivity index (χ2n) is 4.93. The van der Waals surface area contributed by atoms with Crippen molar-refractivity contribution < 1.29 is 15.0 Å². The van der Waals surface area contributed by atoms with Crippen molar-refractivity contribution in [2.75, 3.05) is 0 Å². The van der Waals surface area contributed by atoms with Gasteiger partial charge in [0.1, 0.15) is 11.5 Å². The van der Waals surface area contributed by atoms with Crippen molar-refractivity contribution in [2.24, 2.45) is 0 Å². The van der Waals surface area contributed by atoms with Crippen LogP contribution in [0.1, 0.15) is 47.7 Å². The summed E-state index contributed by atoms with van der Waals surface area (Å²) in [5.41, 5.74) is 1.40. The summed E-state index contributed by atoms with van der Waals surface area (Å²) in [6, 6.07) is 11.4. The van der Waals surface area contributed by atoms with Crippen molar-refractivity contribution in [2.45, 2.75) is 26.2 Å². The van der Waals surface area contributed by atoms with Gasteiger partial charge in [-0.15, -0.1) is 0 Å². The van der Waals surface area contributed by atoms with Gasteiger partial charge in [-0.3, -0.25) is 4.79 Å². The van der Waals surface area contributed by atoms with E-state index in [9.17, 15) is 15.0 Å². The van der Waals surface area contributed by atoms with Crippen LogP contribution in [-0.2, 0) is 0 Å². The first kappa shape index (κ1) is 14.1. The van der Waals surface area contributed by atoms with E-state index in [2.05, 4.69) is 13.8 Å². The summed E-state index contributed by atoms with van der Waals surface area (Å²) >= 11 is 0. The molecule has 1 unspecified atom stereocenters. The molecule has 0 amide bonds. The van der Waals surface area contributed by atoms with Gasteiger partial charge in [-0.05, 0) is 42.2 Å². The van der Waals surface area contributed by atoms with Gasteiger partial charge in [-0.25, -0.2) is 0 Å². The molecule has 20 heavy (non-hydrogen) atoms. The molecule has 3 heteroatoms. The molecule has 0 aromatic heterocycles. The van der Waals surface area contributed by atoms with Gasteiger partial charge in [-0.2, -0.15) is 0 Å². The monoisotopic (exact) mass is 270 g/mol. The van der Waals surface area contributed by atoms with Crippen LogP contribution in [-0.4, -0.2) is 16.0 Å².